The van der Waals surface area contributed by atoms with E-state index in [2.05, 4.69) is 11.0 Å². The van der Waals surface area contributed by atoms with Crippen molar-refractivity contribution in [2.75, 3.05) is 31.1 Å². The number of benzene rings is 2. The Hall–Kier alpha value is -2.56. The molecule has 4 nitrogen and oxygen atoms in total. The average molecular weight is 370 g/mol. The third kappa shape index (κ3) is 4.59. The highest BCUT2D eigenvalue weighted by Crippen LogP contribution is 2.22. The van der Waals surface area contributed by atoms with Crippen LogP contribution in [0.3, 0.4) is 0 Å². The van der Waals surface area contributed by atoms with Crippen molar-refractivity contribution in [1.29, 1.82) is 0 Å². The average Bonchev–Trinajstić information content (AvgIpc) is 2.68. The molecule has 0 saturated carbocycles. The zero-order valence-electron chi connectivity index (χ0n) is 16.2. The molecule has 0 aromatic heterocycles. The van der Waals surface area contributed by atoms with Crippen molar-refractivity contribution in [3.05, 3.63) is 59.4 Å². The number of ether oxygens (including phenoxy) is 1. The molecule has 1 saturated heterocycles. The Morgan fingerprint density at radius 1 is 1.07 bits per heavy atom. The van der Waals surface area contributed by atoms with Gasteiger partial charge in [0.05, 0.1) is 0 Å². The van der Waals surface area contributed by atoms with Gasteiger partial charge in [-0.25, -0.2) is 4.39 Å². The molecule has 3 rings (SSSR count). The van der Waals surface area contributed by atoms with E-state index in [-0.39, 0.29) is 11.7 Å². The molecule has 1 aliphatic heterocycles. The van der Waals surface area contributed by atoms with Crippen molar-refractivity contribution in [2.24, 2.45) is 0 Å². The summed E-state index contributed by atoms with van der Waals surface area (Å²) in [5.41, 5.74) is 3.21. The third-order valence-corrected chi connectivity index (χ3v) is 5.03. The SMILES string of the molecule is CC[C@H](Oc1ccc(C)cc1C)C(=O)N1CCN(c2ccc(F)cc2)CC1. The van der Waals surface area contributed by atoms with Gasteiger partial charge in [0, 0.05) is 31.9 Å². The molecule has 0 unspecified atom stereocenters. The largest absolute Gasteiger partial charge is 0.480 e. The Bertz CT molecular complexity index is 783. The first-order valence-electron chi connectivity index (χ1n) is 9.51. The summed E-state index contributed by atoms with van der Waals surface area (Å²) in [6.07, 6.45) is 0.161. The van der Waals surface area contributed by atoms with Crippen LogP contribution in [0.4, 0.5) is 10.1 Å². The van der Waals surface area contributed by atoms with Crippen molar-refractivity contribution in [3.8, 4) is 5.75 Å². The molecule has 0 bridgehead atoms. The first kappa shape index (κ1) is 19.2. The lowest BCUT2D eigenvalue weighted by Crippen LogP contribution is -2.52. The van der Waals surface area contributed by atoms with Crippen LogP contribution in [0.2, 0.25) is 0 Å². The molecule has 27 heavy (non-hydrogen) atoms. The fraction of sp³-hybridized carbons (Fsp3) is 0.409. The number of hydrogen-bond acceptors (Lipinski definition) is 3. The lowest BCUT2D eigenvalue weighted by atomic mass is 10.1. The summed E-state index contributed by atoms with van der Waals surface area (Å²) in [5.74, 6) is 0.573. The van der Waals surface area contributed by atoms with Crippen LogP contribution in [-0.2, 0) is 4.79 Å². The van der Waals surface area contributed by atoms with Crippen molar-refractivity contribution in [2.45, 2.75) is 33.3 Å². The third-order valence-electron chi connectivity index (χ3n) is 5.03. The summed E-state index contributed by atoms with van der Waals surface area (Å²) < 4.78 is 19.1. The minimum absolute atomic E-state index is 0.0382. The maximum Gasteiger partial charge on any atom is 0.263 e. The number of carbonyl (C=O) groups is 1. The smallest absolute Gasteiger partial charge is 0.263 e. The normalized spacial score (nSPS) is 15.6. The van der Waals surface area contributed by atoms with Crippen LogP contribution in [0.5, 0.6) is 5.75 Å². The van der Waals surface area contributed by atoms with Gasteiger partial charge in [0.2, 0.25) is 0 Å². The Morgan fingerprint density at radius 3 is 2.33 bits per heavy atom. The molecule has 0 N–H and O–H groups in total. The van der Waals surface area contributed by atoms with Gasteiger partial charge >= 0.3 is 0 Å². The molecule has 1 heterocycles. The molecule has 0 spiro atoms. The topological polar surface area (TPSA) is 32.8 Å². The van der Waals surface area contributed by atoms with Gasteiger partial charge in [-0.3, -0.25) is 4.79 Å². The molecule has 1 atom stereocenters. The number of hydrogen-bond donors (Lipinski definition) is 0. The second kappa shape index (κ2) is 8.42. The van der Waals surface area contributed by atoms with Gasteiger partial charge in [0.1, 0.15) is 11.6 Å². The number of anilines is 1. The summed E-state index contributed by atoms with van der Waals surface area (Å²) in [6.45, 7) is 8.77. The van der Waals surface area contributed by atoms with E-state index in [1.54, 1.807) is 12.1 Å². The van der Waals surface area contributed by atoms with E-state index in [0.29, 0.717) is 19.5 Å². The first-order chi connectivity index (χ1) is 13.0. The Labute approximate surface area is 160 Å². The maximum absolute atomic E-state index is 13.1. The highest BCUT2D eigenvalue weighted by atomic mass is 19.1. The van der Waals surface area contributed by atoms with E-state index in [4.69, 9.17) is 4.74 Å². The van der Waals surface area contributed by atoms with E-state index in [1.165, 1.54) is 17.7 Å². The number of halogens is 1. The van der Waals surface area contributed by atoms with Crippen molar-refractivity contribution < 1.29 is 13.9 Å². The molecule has 2 aromatic carbocycles. The second-order valence-electron chi connectivity index (χ2n) is 7.07. The van der Waals surface area contributed by atoms with E-state index in [9.17, 15) is 9.18 Å². The van der Waals surface area contributed by atoms with Crippen LogP contribution in [0.25, 0.3) is 0 Å². The van der Waals surface area contributed by atoms with Crippen LogP contribution in [-0.4, -0.2) is 43.1 Å². The lowest BCUT2D eigenvalue weighted by Gasteiger charge is -2.37. The summed E-state index contributed by atoms with van der Waals surface area (Å²) in [4.78, 5) is 17.0. The van der Waals surface area contributed by atoms with Gasteiger partial charge in [-0.15, -0.1) is 0 Å². The molecule has 1 amide bonds. The molecule has 144 valence electrons. The monoisotopic (exact) mass is 370 g/mol. The molecular weight excluding hydrogens is 343 g/mol. The highest BCUT2D eigenvalue weighted by Gasteiger charge is 2.28. The number of aryl methyl sites for hydroxylation is 2. The Morgan fingerprint density at radius 2 is 1.74 bits per heavy atom. The van der Waals surface area contributed by atoms with E-state index in [0.717, 1.165) is 30.1 Å². The summed E-state index contributed by atoms with van der Waals surface area (Å²) in [5, 5.41) is 0. The fourth-order valence-electron chi connectivity index (χ4n) is 3.43. The minimum atomic E-state index is -0.469. The van der Waals surface area contributed by atoms with Gasteiger partial charge in [-0.2, -0.15) is 0 Å². The van der Waals surface area contributed by atoms with Gasteiger partial charge in [-0.1, -0.05) is 24.6 Å². The van der Waals surface area contributed by atoms with Gasteiger partial charge in [-0.05, 0) is 56.2 Å². The van der Waals surface area contributed by atoms with Gasteiger partial charge in [0.15, 0.2) is 6.10 Å². The lowest BCUT2D eigenvalue weighted by molar-refractivity contribution is -0.139. The van der Waals surface area contributed by atoms with Crippen LogP contribution in [0.15, 0.2) is 42.5 Å². The summed E-state index contributed by atoms with van der Waals surface area (Å²) in [6, 6.07) is 12.5. The summed E-state index contributed by atoms with van der Waals surface area (Å²) >= 11 is 0. The number of carbonyl (C=O) groups excluding carboxylic acids is 1. The summed E-state index contributed by atoms with van der Waals surface area (Å²) in [7, 11) is 0. The van der Waals surface area contributed by atoms with Gasteiger partial charge < -0.3 is 14.5 Å². The van der Waals surface area contributed by atoms with Crippen LogP contribution < -0.4 is 9.64 Å². The number of nitrogens with zero attached hydrogens (tertiary/aromatic N) is 2. The molecule has 2 aromatic rings. The molecule has 0 radical (unpaired) electrons. The van der Waals surface area contributed by atoms with E-state index < -0.39 is 6.10 Å². The van der Waals surface area contributed by atoms with Crippen molar-refractivity contribution in [1.82, 2.24) is 4.90 Å². The number of rotatable bonds is 5. The predicted molar refractivity (Wildman–Crippen MR) is 106 cm³/mol. The molecular formula is C22H27FN2O2. The highest BCUT2D eigenvalue weighted by molar-refractivity contribution is 5.81. The van der Waals surface area contributed by atoms with Crippen molar-refractivity contribution in [3.63, 3.8) is 0 Å². The zero-order chi connectivity index (χ0) is 19.4. The van der Waals surface area contributed by atoms with Crippen LogP contribution in [0.1, 0.15) is 24.5 Å². The second-order valence-corrected chi connectivity index (χ2v) is 7.07. The number of piperazine rings is 1. The van der Waals surface area contributed by atoms with Gasteiger partial charge in [0.25, 0.3) is 5.91 Å². The quantitative estimate of drug-likeness (QED) is 0.799. The molecule has 1 fully saturated rings. The van der Waals surface area contributed by atoms with E-state index in [1.807, 2.05) is 37.8 Å². The van der Waals surface area contributed by atoms with Crippen molar-refractivity contribution >= 4 is 11.6 Å². The fourth-order valence-corrected chi connectivity index (χ4v) is 3.43. The van der Waals surface area contributed by atoms with Crippen LogP contribution in [0, 0.1) is 19.7 Å². The van der Waals surface area contributed by atoms with Crippen LogP contribution >= 0.6 is 0 Å². The van der Waals surface area contributed by atoms with E-state index >= 15 is 0 Å². The molecule has 5 heteroatoms. The standard InChI is InChI=1S/C22H27FN2O2/c1-4-20(27-21-10-5-16(2)15-17(21)3)22(26)25-13-11-24(12-14-25)19-8-6-18(23)7-9-19/h5-10,15,20H,4,11-14H2,1-3H3/t20-/m0/s1. The maximum atomic E-state index is 13.1. The Balaban J connectivity index is 1.60. The zero-order valence-corrected chi connectivity index (χ0v) is 16.2. The Kier molecular flexibility index (Phi) is 5.99. The predicted octanol–water partition coefficient (Wildman–Crippen LogP) is 3.95. The molecule has 0 aliphatic carbocycles. The molecule has 1 aliphatic rings. The minimum Gasteiger partial charge on any atom is -0.480 e. The first-order valence-corrected chi connectivity index (χ1v) is 9.51. The number of amides is 1.